The fourth-order valence-electron chi connectivity index (χ4n) is 3.55. The Morgan fingerprint density at radius 1 is 0.581 bits per heavy atom. The second-order valence-corrected chi connectivity index (χ2v) is 10.1. The van der Waals surface area contributed by atoms with Gasteiger partial charge in [0.2, 0.25) is 0 Å². The molecule has 0 aliphatic rings. The first-order valence-corrected chi connectivity index (χ1v) is 11.7. The maximum Gasteiger partial charge on any atom is 0.462 e. The topological polar surface area (TPSA) is 28.1 Å². The van der Waals surface area contributed by atoms with Crippen molar-refractivity contribution in [2.75, 3.05) is 0 Å². The summed E-state index contributed by atoms with van der Waals surface area (Å²) in [5, 5.41) is 13.4. The first kappa shape index (κ1) is 22.1. The van der Waals surface area contributed by atoms with Gasteiger partial charge in [-0.3, -0.25) is 0 Å². The fraction of sp³-hybridized carbons (Fsp3) is 0. The summed E-state index contributed by atoms with van der Waals surface area (Å²) in [7, 11) is -2.30. The predicted octanol–water partition coefficient (Wildman–Crippen LogP) is 2.51. The number of rotatable bonds is 4. The molecule has 0 N–H and O–H groups in total. The van der Waals surface area contributed by atoms with Gasteiger partial charge in [-0.15, -0.1) is 0 Å². The van der Waals surface area contributed by atoms with Crippen LogP contribution in [0.25, 0.3) is 4.76 Å². The van der Waals surface area contributed by atoms with Gasteiger partial charge < -0.3 is 4.76 Å². The minimum Gasteiger partial charge on any atom is -0.384 e. The van der Waals surface area contributed by atoms with Crippen LogP contribution in [0.3, 0.4) is 0 Å². The van der Waals surface area contributed by atoms with Crippen molar-refractivity contribution < 1.29 is 0 Å². The number of benzene rings is 4. The molecule has 0 aliphatic heterocycles. The Balaban J connectivity index is 0.000000401. The maximum atomic E-state index is 7.90. The highest BCUT2D eigenvalue weighted by Gasteiger charge is 2.47. The molecule has 5 heteroatoms. The molecule has 0 amide bonds. The van der Waals surface area contributed by atoms with Crippen LogP contribution in [0.5, 0.6) is 0 Å². The normalized spacial score (nSPS) is 9.94. The molecule has 0 fully saturated rings. The molecule has 0 unspecified atom stereocenters. The first-order valence-electron chi connectivity index (χ1n) is 9.93. The summed E-state index contributed by atoms with van der Waals surface area (Å²) in [6.07, 6.45) is 0. The van der Waals surface area contributed by atoms with Crippen molar-refractivity contribution in [1.29, 1.82) is 5.26 Å². The van der Waals surface area contributed by atoms with E-state index in [1.807, 2.05) is 5.97 Å². The van der Waals surface area contributed by atoms with Gasteiger partial charge in [0.15, 0.2) is 0 Å². The van der Waals surface area contributed by atoms with Gasteiger partial charge in [0.1, 0.15) is 36.3 Å². The molecule has 0 heterocycles. The summed E-state index contributed by atoms with van der Waals surface area (Å²) in [5.41, 5.74) is 0. The third kappa shape index (κ3) is 5.13. The number of hydrogen-bond donors (Lipinski definition) is 0. The summed E-state index contributed by atoms with van der Waals surface area (Å²) < 4.78 is 3.72. The summed E-state index contributed by atoms with van der Waals surface area (Å²) >= 11 is 0. The second kappa shape index (κ2) is 11.6. The lowest BCUT2D eigenvalue weighted by atomic mass is 10.0. The van der Waals surface area contributed by atoms with Gasteiger partial charge in [0.05, 0.1) is 0 Å². The Bertz CT molecular complexity index is 1000. The Hall–Kier alpha value is -3.58. The quantitative estimate of drug-likeness (QED) is 0.370. The van der Waals surface area contributed by atoms with Crippen LogP contribution < -0.4 is 21.2 Å². The van der Waals surface area contributed by atoms with E-state index in [1.54, 1.807) is 0 Å². The molecule has 0 radical (unpaired) electrons. The highest BCUT2D eigenvalue weighted by Crippen LogP contribution is 2.53. The van der Waals surface area contributed by atoms with Crippen LogP contribution in [-0.4, -0.2) is 15.3 Å². The lowest BCUT2D eigenvalue weighted by Crippen LogP contribution is -2.38. The molecule has 4 aromatic rings. The lowest BCUT2D eigenvalue weighted by Gasteiger charge is -2.27. The second-order valence-electron chi connectivity index (χ2n) is 6.68. The van der Waals surface area contributed by atoms with Gasteiger partial charge >= 0.3 is 7.41 Å². The molecule has 150 valence electrons. The molecular weight excluding hydrogens is 393 g/mol. The van der Waals surface area contributed by atoms with Crippen LogP contribution in [-0.2, 0) is 0 Å². The summed E-state index contributed by atoms with van der Waals surface area (Å²) in [6.45, 7) is 0. The molecule has 0 bridgehead atoms. The Morgan fingerprint density at radius 2 is 0.871 bits per heavy atom. The van der Waals surface area contributed by atoms with Crippen molar-refractivity contribution in [3.8, 4) is 11.9 Å². The number of nitrogens with zero attached hydrogens (tertiary/aromatic N) is 2. The molecule has 0 atom stereocenters. The van der Waals surface area contributed by atoms with Crippen LogP contribution >= 0.6 is 7.26 Å². The molecule has 31 heavy (non-hydrogen) atoms. The van der Waals surface area contributed by atoms with Crippen LogP contribution in [0.4, 0.5) is 0 Å². The van der Waals surface area contributed by atoms with Crippen molar-refractivity contribution in [3.63, 3.8) is 0 Å². The van der Waals surface area contributed by atoms with Crippen LogP contribution in [0.1, 0.15) is 0 Å². The first-order chi connectivity index (χ1) is 15.3. The van der Waals surface area contributed by atoms with Gasteiger partial charge in [0, 0.05) is 0 Å². The smallest absolute Gasteiger partial charge is 0.384 e. The van der Waals surface area contributed by atoms with E-state index in [0.717, 1.165) is 0 Å². The lowest BCUT2D eigenvalue weighted by molar-refractivity contribution is 1.56. The predicted molar refractivity (Wildman–Crippen MR) is 143 cm³/mol. The average molecular weight is 418 g/mol. The van der Waals surface area contributed by atoms with Crippen LogP contribution in [0.2, 0.25) is 0 Å². The van der Waals surface area contributed by atoms with E-state index in [-0.39, 0.29) is 7.85 Å². The highest BCUT2D eigenvalue weighted by atomic mass is 31.2. The van der Waals surface area contributed by atoms with Crippen molar-refractivity contribution in [3.05, 3.63) is 126 Å². The van der Waals surface area contributed by atoms with Gasteiger partial charge in [-0.05, 0) is 48.5 Å². The summed E-state index contributed by atoms with van der Waals surface area (Å²) in [6, 6.07) is 43.8. The molecule has 0 saturated heterocycles. The number of nitriles is 1. The zero-order valence-electron chi connectivity index (χ0n) is 16.9. The minimum atomic E-state index is -1.91. The van der Waals surface area contributed by atoms with E-state index in [4.69, 9.17) is 5.26 Å². The van der Waals surface area contributed by atoms with Gasteiger partial charge in [-0.25, -0.2) is 5.26 Å². The van der Waals surface area contributed by atoms with E-state index >= 15 is 0 Å². The van der Waals surface area contributed by atoms with Crippen molar-refractivity contribution in [2.45, 2.75) is 0 Å². The van der Waals surface area contributed by atoms with Gasteiger partial charge in [-0.1, -0.05) is 84.7 Å². The minimum absolute atomic E-state index is 0.204. The van der Waals surface area contributed by atoms with Crippen LogP contribution in [0, 0.1) is 17.2 Å². The summed E-state index contributed by atoms with van der Waals surface area (Å²) in [4.78, 5) is 0. The van der Waals surface area contributed by atoms with Crippen molar-refractivity contribution in [2.24, 2.45) is 0 Å². The Kier molecular flexibility index (Phi) is 8.25. The third-order valence-electron chi connectivity index (χ3n) is 4.79. The average Bonchev–Trinajstić information content (AvgIpc) is 2.86. The van der Waals surface area contributed by atoms with E-state index in [9.17, 15) is 0 Å². The summed E-state index contributed by atoms with van der Waals surface area (Å²) in [5.74, 6) is 4.78. The molecule has 4 aromatic carbocycles. The monoisotopic (exact) mass is 418 g/mol. The molecule has 0 aliphatic carbocycles. The van der Waals surface area contributed by atoms with E-state index in [0.29, 0.717) is 0 Å². The van der Waals surface area contributed by atoms with E-state index in [2.05, 4.69) is 132 Å². The maximum absolute atomic E-state index is 7.90. The molecule has 0 saturated carbocycles. The SMILES string of the molecule is [BH3-]C#[N+][BH2-]C#N.c1ccc([P+](c2ccccc2)(c2ccccc2)c2ccccc2)cc1. The largest absolute Gasteiger partial charge is 0.462 e. The highest BCUT2D eigenvalue weighted by molar-refractivity contribution is 8.01. The van der Waals surface area contributed by atoms with Crippen molar-refractivity contribution >= 4 is 43.7 Å². The van der Waals surface area contributed by atoms with Gasteiger partial charge in [-0.2, -0.15) is 0 Å². The zero-order chi connectivity index (χ0) is 21.8. The molecule has 0 aromatic heterocycles. The molecular formula is C26H25B2N2P. The Morgan fingerprint density at radius 3 is 1.06 bits per heavy atom. The fourth-order valence-corrected chi connectivity index (χ4v) is 7.82. The number of hydrogen-bond acceptors (Lipinski definition) is 1. The van der Waals surface area contributed by atoms with E-state index in [1.165, 1.54) is 21.2 Å². The van der Waals surface area contributed by atoms with Crippen LogP contribution in [0.15, 0.2) is 121 Å². The zero-order valence-corrected chi connectivity index (χ0v) is 17.8. The van der Waals surface area contributed by atoms with Crippen molar-refractivity contribution in [1.82, 2.24) is 0 Å². The van der Waals surface area contributed by atoms with Gasteiger partial charge in [0.25, 0.3) is 0 Å². The van der Waals surface area contributed by atoms with E-state index < -0.39 is 14.7 Å². The third-order valence-corrected chi connectivity index (χ3v) is 9.08. The Labute approximate surface area is 187 Å². The molecule has 2 nitrogen and oxygen atoms in total. The molecule has 4 rings (SSSR count). The standard InChI is InChI=1S/C24H20P.C2H5B2N2/c1-5-13-21(14-6-1)25(22-15-7-2-8-16-22,23-17-9-3-10-18-23)24-19-11-4-12-20-24;3-1-6-4-2-5/h1-20H;4H2,3H3/q+1;-1. The molecule has 0 spiro atoms.